The maximum absolute atomic E-state index is 10.1. The minimum Gasteiger partial charge on any atom is -0.381 e. The summed E-state index contributed by atoms with van der Waals surface area (Å²) in [7, 11) is 1.79. The van der Waals surface area contributed by atoms with Gasteiger partial charge in [0, 0.05) is 13.5 Å². The molecular weight excluding hydrogens is 152 g/mol. The lowest BCUT2D eigenvalue weighted by Crippen LogP contribution is -2.20. The highest BCUT2D eigenvalue weighted by atomic mass is 16.5. The van der Waals surface area contributed by atoms with Crippen molar-refractivity contribution in [1.29, 1.82) is 0 Å². The Bertz CT molecular complexity index is 126. The van der Waals surface area contributed by atoms with Crippen LogP contribution in [0.25, 0.3) is 0 Å². The molecule has 1 fully saturated rings. The number of methoxy groups -OCH3 is 1. The van der Waals surface area contributed by atoms with Crippen molar-refractivity contribution in [3.05, 3.63) is 0 Å². The molecule has 0 aromatic heterocycles. The van der Waals surface area contributed by atoms with Crippen molar-refractivity contribution in [2.24, 2.45) is 5.92 Å². The van der Waals surface area contributed by atoms with Gasteiger partial charge in [0.2, 0.25) is 0 Å². The molecule has 0 radical (unpaired) electrons. The fraction of sp³-hybridized carbons (Fsp3) is 0.900. The molecule has 0 unspecified atom stereocenters. The zero-order valence-electron chi connectivity index (χ0n) is 7.79. The molecule has 0 amide bonds. The summed E-state index contributed by atoms with van der Waals surface area (Å²) < 4.78 is 5.27. The van der Waals surface area contributed by atoms with E-state index < -0.39 is 0 Å². The van der Waals surface area contributed by atoms with E-state index in [1.807, 2.05) is 0 Å². The third-order valence-electron chi connectivity index (χ3n) is 2.82. The first-order chi connectivity index (χ1) is 5.86. The van der Waals surface area contributed by atoms with Crippen molar-refractivity contribution in [1.82, 2.24) is 0 Å². The Balaban J connectivity index is 2.12. The topological polar surface area (TPSA) is 26.3 Å². The molecule has 0 bridgehead atoms. The van der Waals surface area contributed by atoms with E-state index in [0.717, 1.165) is 25.0 Å². The average molecular weight is 170 g/mol. The van der Waals surface area contributed by atoms with Gasteiger partial charge >= 0.3 is 0 Å². The van der Waals surface area contributed by atoms with Crippen molar-refractivity contribution in [3.63, 3.8) is 0 Å². The Kier molecular flexibility index (Phi) is 4.30. The number of carbonyl (C=O) groups excluding carboxylic acids is 1. The lowest BCUT2D eigenvalue weighted by Gasteiger charge is -2.26. The van der Waals surface area contributed by atoms with Gasteiger partial charge in [-0.15, -0.1) is 0 Å². The van der Waals surface area contributed by atoms with E-state index in [-0.39, 0.29) is 0 Å². The van der Waals surface area contributed by atoms with E-state index in [4.69, 9.17) is 4.74 Å². The molecule has 0 spiro atoms. The molecule has 0 atom stereocenters. The molecular formula is C10H18O2. The number of ether oxygens (including phenoxy) is 1. The van der Waals surface area contributed by atoms with Gasteiger partial charge in [-0.1, -0.05) is 0 Å². The van der Waals surface area contributed by atoms with Gasteiger partial charge in [0.15, 0.2) is 0 Å². The summed E-state index contributed by atoms with van der Waals surface area (Å²) in [5.41, 5.74) is 0. The van der Waals surface area contributed by atoms with Gasteiger partial charge in [-0.2, -0.15) is 0 Å². The molecule has 0 aliphatic heterocycles. The van der Waals surface area contributed by atoms with Crippen LogP contribution in [0.15, 0.2) is 0 Å². The Labute approximate surface area is 74.3 Å². The summed E-state index contributed by atoms with van der Waals surface area (Å²) in [4.78, 5) is 10.1. The molecule has 1 aliphatic carbocycles. The monoisotopic (exact) mass is 170 g/mol. The standard InChI is InChI=1S/C10H18O2/c1-12-10-6-4-9(5-7-10)3-2-8-11/h8-10H,2-7H2,1H3. The molecule has 0 N–H and O–H groups in total. The first-order valence-electron chi connectivity index (χ1n) is 4.83. The summed E-state index contributed by atoms with van der Waals surface area (Å²) in [6.07, 6.45) is 8.18. The van der Waals surface area contributed by atoms with Crippen LogP contribution in [0.3, 0.4) is 0 Å². The minimum absolute atomic E-state index is 0.484. The Morgan fingerprint density at radius 3 is 2.50 bits per heavy atom. The summed E-state index contributed by atoms with van der Waals surface area (Å²) >= 11 is 0. The van der Waals surface area contributed by atoms with Crippen LogP contribution in [-0.2, 0) is 9.53 Å². The van der Waals surface area contributed by atoms with Crippen LogP contribution in [0.5, 0.6) is 0 Å². The van der Waals surface area contributed by atoms with Gasteiger partial charge in [0.1, 0.15) is 6.29 Å². The van der Waals surface area contributed by atoms with Crippen LogP contribution in [0, 0.1) is 5.92 Å². The Morgan fingerprint density at radius 2 is 2.00 bits per heavy atom. The largest absolute Gasteiger partial charge is 0.381 e. The van der Waals surface area contributed by atoms with Crippen LogP contribution in [0.4, 0.5) is 0 Å². The quantitative estimate of drug-likeness (QED) is 0.604. The van der Waals surface area contributed by atoms with Gasteiger partial charge in [-0.05, 0) is 38.0 Å². The predicted molar refractivity (Wildman–Crippen MR) is 48.1 cm³/mol. The first-order valence-corrected chi connectivity index (χ1v) is 4.83. The fourth-order valence-corrected chi connectivity index (χ4v) is 1.96. The molecule has 0 heterocycles. The molecule has 12 heavy (non-hydrogen) atoms. The van der Waals surface area contributed by atoms with Crippen molar-refractivity contribution in [3.8, 4) is 0 Å². The zero-order chi connectivity index (χ0) is 8.81. The molecule has 0 aromatic carbocycles. The molecule has 2 heteroatoms. The van der Waals surface area contributed by atoms with E-state index in [1.165, 1.54) is 25.7 Å². The third-order valence-corrected chi connectivity index (χ3v) is 2.82. The highest BCUT2D eigenvalue weighted by Crippen LogP contribution is 2.28. The van der Waals surface area contributed by atoms with Crippen LogP contribution in [0.1, 0.15) is 38.5 Å². The van der Waals surface area contributed by atoms with Crippen LogP contribution in [0.2, 0.25) is 0 Å². The molecule has 0 saturated heterocycles. The predicted octanol–water partition coefficient (Wildman–Crippen LogP) is 2.17. The molecule has 1 rings (SSSR count). The first kappa shape index (κ1) is 9.72. The summed E-state index contributed by atoms with van der Waals surface area (Å²) in [6, 6.07) is 0. The lowest BCUT2D eigenvalue weighted by molar-refractivity contribution is -0.108. The highest BCUT2D eigenvalue weighted by molar-refractivity contribution is 5.49. The van der Waals surface area contributed by atoms with Crippen molar-refractivity contribution in [2.75, 3.05) is 7.11 Å². The highest BCUT2D eigenvalue weighted by Gasteiger charge is 2.19. The van der Waals surface area contributed by atoms with Crippen molar-refractivity contribution < 1.29 is 9.53 Å². The second kappa shape index (κ2) is 5.31. The number of hydrogen-bond donors (Lipinski definition) is 0. The maximum Gasteiger partial charge on any atom is 0.120 e. The van der Waals surface area contributed by atoms with E-state index in [2.05, 4.69) is 0 Å². The van der Waals surface area contributed by atoms with E-state index >= 15 is 0 Å². The van der Waals surface area contributed by atoms with Gasteiger partial charge in [0.05, 0.1) is 6.10 Å². The van der Waals surface area contributed by atoms with E-state index in [0.29, 0.717) is 6.10 Å². The smallest absolute Gasteiger partial charge is 0.120 e. The van der Waals surface area contributed by atoms with Gasteiger partial charge < -0.3 is 9.53 Å². The second-order valence-corrected chi connectivity index (χ2v) is 3.62. The minimum atomic E-state index is 0.484. The van der Waals surface area contributed by atoms with Gasteiger partial charge in [-0.3, -0.25) is 0 Å². The number of rotatable bonds is 4. The molecule has 2 nitrogen and oxygen atoms in total. The average Bonchev–Trinajstić information content (AvgIpc) is 2.15. The van der Waals surface area contributed by atoms with Gasteiger partial charge in [-0.25, -0.2) is 0 Å². The normalized spacial score (nSPS) is 30.1. The SMILES string of the molecule is COC1CCC(CCC=O)CC1. The van der Waals surface area contributed by atoms with Crippen molar-refractivity contribution in [2.45, 2.75) is 44.6 Å². The summed E-state index contributed by atoms with van der Waals surface area (Å²) in [5.74, 6) is 0.779. The molecule has 0 aromatic rings. The lowest BCUT2D eigenvalue weighted by atomic mass is 9.85. The van der Waals surface area contributed by atoms with Crippen LogP contribution in [-0.4, -0.2) is 19.5 Å². The van der Waals surface area contributed by atoms with Gasteiger partial charge in [0.25, 0.3) is 0 Å². The summed E-state index contributed by atoms with van der Waals surface area (Å²) in [5, 5.41) is 0. The fourth-order valence-electron chi connectivity index (χ4n) is 1.96. The molecule has 1 aliphatic rings. The maximum atomic E-state index is 10.1. The molecule has 1 saturated carbocycles. The van der Waals surface area contributed by atoms with Crippen LogP contribution < -0.4 is 0 Å². The number of aldehydes is 1. The van der Waals surface area contributed by atoms with E-state index in [9.17, 15) is 4.79 Å². The van der Waals surface area contributed by atoms with E-state index in [1.54, 1.807) is 7.11 Å². The van der Waals surface area contributed by atoms with Crippen LogP contribution >= 0.6 is 0 Å². The third kappa shape index (κ3) is 2.94. The number of hydrogen-bond acceptors (Lipinski definition) is 2. The zero-order valence-corrected chi connectivity index (χ0v) is 7.79. The number of carbonyl (C=O) groups is 1. The van der Waals surface area contributed by atoms with Crippen molar-refractivity contribution >= 4 is 6.29 Å². The summed E-state index contributed by atoms with van der Waals surface area (Å²) in [6.45, 7) is 0. The Hall–Kier alpha value is -0.370. The molecule has 70 valence electrons. The second-order valence-electron chi connectivity index (χ2n) is 3.62. The Morgan fingerprint density at radius 1 is 1.33 bits per heavy atom.